The van der Waals surface area contributed by atoms with Crippen LogP contribution in [0.5, 0.6) is 0 Å². The maximum atomic E-state index is 15.7. The average molecular weight is 611 g/mol. The number of aromatic nitrogens is 2. The lowest BCUT2D eigenvalue weighted by molar-refractivity contribution is -0.141. The minimum Gasteiger partial charge on any atom is -0.481 e. The highest BCUT2D eigenvalue weighted by Gasteiger charge is 2.40. The maximum absolute atomic E-state index is 15.7. The molecule has 2 amide bonds. The molecule has 3 aliphatic rings. The molecule has 1 aromatic carbocycles. The summed E-state index contributed by atoms with van der Waals surface area (Å²) >= 11 is 0.707. The maximum Gasteiger partial charge on any atom is 0.304 e. The first-order chi connectivity index (χ1) is 20.7. The van der Waals surface area contributed by atoms with Gasteiger partial charge >= 0.3 is 5.97 Å². The van der Waals surface area contributed by atoms with Crippen LogP contribution in [-0.4, -0.2) is 59.2 Å². The first-order valence-electron chi connectivity index (χ1n) is 14.5. The topological polar surface area (TPSA) is 113 Å². The van der Waals surface area contributed by atoms with Crippen molar-refractivity contribution < 1.29 is 33.0 Å². The molecule has 0 radical (unpaired) electrons. The summed E-state index contributed by atoms with van der Waals surface area (Å²) < 4.78 is 35.7. The van der Waals surface area contributed by atoms with E-state index >= 15 is 4.39 Å². The van der Waals surface area contributed by atoms with Gasteiger partial charge in [-0.15, -0.1) is 0 Å². The third-order valence-electron chi connectivity index (χ3n) is 8.45. The lowest BCUT2D eigenvalue weighted by atomic mass is 9.86. The van der Waals surface area contributed by atoms with Crippen LogP contribution in [0.3, 0.4) is 0 Å². The number of pyridine rings is 1. The Morgan fingerprint density at radius 2 is 1.91 bits per heavy atom. The fourth-order valence-corrected chi connectivity index (χ4v) is 6.90. The van der Waals surface area contributed by atoms with E-state index in [2.05, 4.69) is 9.97 Å². The molecule has 1 aliphatic carbocycles. The van der Waals surface area contributed by atoms with Gasteiger partial charge in [-0.1, -0.05) is 17.4 Å². The summed E-state index contributed by atoms with van der Waals surface area (Å²) in [5.74, 6) is -2.07. The van der Waals surface area contributed by atoms with E-state index < -0.39 is 22.8 Å². The Morgan fingerprint density at radius 3 is 2.63 bits per heavy atom. The Morgan fingerprint density at radius 1 is 1.14 bits per heavy atom. The second kappa shape index (κ2) is 12.1. The minimum atomic E-state index is -1.06. The highest BCUT2D eigenvalue weighted by atomic mass is 32.1. The van der Waals surface area contributed by atoms with Crippen LogP contribution in [0.25, 0.3) is 22.4 Å². The monoisotopic (exact) mass is 610 g/mol. The van der Waals surface area contributed by atoms with E-state index in [1.165, 1.54) is 21.9 Å². The molecule has 43 heavy (non-hydrogen) atoms. The number of ether oxygens (including phenoxy) is 1. The number of carbonyl (C=O) groups is 3. The van der Waals surface area contributed by atoms with E-state index in [9.17, 15) is 23.9 Å². The molecule has 226 valence electrons. The Hall–Kier alpha value is -3.77. The smallest absolute Gasteiger partial charge is 0.304 e. The predicted molar refractivity (Wildman–Crippen MR) is 157 cm³/mol. The standard InChI is InChI=1S/C31H32F2N4O5S/c1-36-25(38)7-2-18-13-20(16-34-29(18)36)23-6-3-21(32)15-24(23)27-28(33)43-31(35-27)37(22-4-5-22)30(41)19(14-26(39)40)12-17-8-10-42-11-9-17/h3,6,13,15-17,19,22H,2,4-5,7-12,14H2,1H3,(H,39,40). The average Bonchev–Trinajstić information content (AvgIpc) is 3.75. The fraction of sp³-hybridized carbons (Fsp3) is 0.452. The number of thiazole rings is 1. The van der Waals surface area contributed by atoms with Crippen LogP contribution in [0.1, 0.15) is 50.5 Å². The van der Waals surface area contributed by atoms with Gasteiger partial charge in [0.2, 0.25) is 16.9 Å². The highest BCUT2D eigenvalue weighted by Crippen LogP contribution is 2.42. The van der Waals surface area contributed by atoms with Gasteiger partial charge in [0.15, 0.2) is 5.13 Å². The molecule has 0 spiro atoms. The zero-order chi connectivity index (χ0) is 30.2. The van der Waals surface area contributed by atoms with Crippen LogP contribution in [0, 0.1) is 22.8 Å². The highest BCUT2D eigenvalue weighted by molar-refractivity contribution is 7.14. The molecule has 9 nitrogen and oxygen atoms in total. The van der Waals surface area contributed by atoms with Crippen molar-refractivity contribution in [2.75, 3.05) is 30.1 Å². The Balaban J connectivity index is 1.34. The SMILES string of the molecule is CN1C(=O)CCc2cc(-c3ccc(F)cc3-c3nc(N(C(=O)C(CC(=O)O)CC4CCOCC4)C4CC4)sc3F)cnc21. The number of benzene rings is 1. The Labute approximate surface area is 251 Å². The predicted octanol–water partition coefficient (Wildman–Crippen LogP) is 5.46. The van der Waals surface area contributed by atoms with Crippen molar-refractivity contribution in [3.63, 3.8) is 0 Å². The molecule has 2 fully saturated rings. The number of carbonyl (C=O) groups excluding carboxylic acids is 2. The lowest BCUT2D eigenvalue weighted by Gasteiger charge is -2.29. The molecular weight excluding hydrogens is 578 g/mol. The number of halogens is 2. The Kier molecular flexibility index (Phi) is 8.23. The van der Waals surface area contributed by atoms with Gasteiger partial charge in [0.05, 0.1) is 6.42 Å². The summed E-state index contributed by atoms with van der Waals surface area (Å²) in [4.78, 5) is 49.8. The van der Waals surface area contributed by atoms with Crippen LogP contribution in [0.2, 0.25) is 0 Å². The van der Waals surface area contributed by atoms with Crippen molar-refractivity contribution in [3.05, 3.63) is 47.0 Å². The number of fused-ring (bicyclic) bond motifs is 1. The molecule has 1 saturated heterocycles. The van der Waals surface area contributed by atoms with Gasteiger partial charge in [0, 0.05) is 56.0 Å². The number of rotatable bonds is 9. The van der Waals surface area contributed by atoms with Gasteiger partial charge in [-0.3, -0.25) is 24.2 Å². The number of anilines is 2. The molecule has 0 bridgehead atoms. The number of hydrogen-bond acceptors (Lipinski definition) is 7. The van der Waals surface area contributed by atoms with Crippen molar-refractivity contribution >= 4 is 40.1 Å². The quantitative estimate of drug-likeness (QED) is 0.342. The second-order valence-electron chi connectivity index (χ2n) is 11.5. The van der Waals surface area contributed by atoms with Gasteiger partial charge in [-0.2, -0.15) is 4.39 Å². The van der Waals surface area contributed by atoms with E-state index in [1.54, 1.807) is 19.3 Å². The van der Waals surface area contributed by atoms with Crippen LogP contribution >= 0.6 is 11.3 Å². The number of nitrogens with zero attached hydrogens (tertiary/aromatic N) is 4. The van der Waals surface area contributed by atoms with Crippen molar-refractivity contribution in [3.8, 4) is 22.4 Å². The third-order valence-corrected chi connectivity index (χ3v) is 9.29. The minimum absolute atomic E-state index is 0.0274. The van der Waals surface area contributed by atoms with Gasteiger partial charge < -0.3 is 9.84 Å². The second-order valence-corrected chi connectivity index (χ2v) is 12.4. The summed E-state index contributed by atoms with van der Waals surface area (Å²) in [5.41, 5.74) is 2.12. The van der Waals surface area contributed by atoms with Crippen molar-refractivity contribution in [2.45, 2.75) is 57.4 Å². The summed E-state index contributed by atoms with van der Waals surface area (Å²) in [6, 6.07) is 5.73. The number of aliphatic carboxylic acids is 1. The first-order valence-corrected chi connectivity index (χ1v) is 15.4. The summed E-state index contributed by atoms with van der Waals surface area (Å²) in [6.07, 6.45) is 5.46. The molecule has 2 aromatic heterocycles. The normalized spacial score (nSPS) is 17.9. The van der Waals surface area contributed by atoms with Crippen molar-refractivity contribution in [1.82, 2.24) is 9.97 Å². The van der Waals surface area contributed by atoms with Crippen LogP contribution < -0.4 is 9.80 Å². The number of aryl methyl sites for hydroxylation is 1. The van der Waals surface area contributed by atoms with E-state index in [0.717, 1.165) is 18.4 Å². The van der Waals surface area contributed by atoms with Crippen molar-refractivity contribution in [2.24, 2.45) is 11.8 Å². The summed E-state index contributed by atoms with van der Waals surface area (Å²) in [5, 5.41) is 9.07. The van der Waals surface area contributed by atoms with Gasteiger partial charge in [-0.05, 0) is 73.8 Å². The zero-order valence-corrected chi connectivity index (χ0v) is 24.5. The molecule has 1 saturated carbocycles. The molecule has 1 unspecified atom stereocenters. The Bertz CT molecular complexity index is 1570. The molecule has 12 heteroatoms. The molecule has 4 heterocycles. The van der Waals surface area contributed by atoms with E-state index in [-0.39, 0.29) is 46.6 Å². The van der Waals surface area contributed by atoms with Crippen LogP contribution in [0.4, 0.5) is 19.7 Å². The number of carboxylic acids is 1. The van der Waals surface area contributed by atoms with Gasteiger partial charge in [-0.25, -0.2) is 14.4 Å². The molecule has 1 N–H and O–H groups in total. The van der Waals surface area contributed by atoms with Gasteiger partial charge in [0.25, 0.3) is 0 Å². The number of amides is 2. The molecule has 3 aromatic rings. The van der Waals surface area contributed by atoms with E-state index in [1.807, 2.05) is 6.07 Å². The largest absolute Gasteiger partial charge is 0.481 e. The molecule has 6 rings (SSSR count). The summed E-state index contributed by atoms with van der Waals surface area (Å²) in [6.45, 7) is 1.16. The third kappa shape index (κ3) is 6.16. The zero-order valence-electron chi connectivity index (χ0n) is 23.7. The van der Waals surface area contributed by atoms with E-state index in [4.69, 9.17) is 4.74 Å². The van der Waals surface area contributed by atoms with E-state index in [0.29, 0.717) is 73.6 Å². The van der Waals surface area contributed by atoms with Crippen LogP contribution in [-0.2, 0) is 25.5 Å². The molecular formula is C31H32F2N4O5S. The number of hydrogen-bond donors (Lipinski definition) is 1. The number of carboxylic acid groups (broad SMARTS) is 1. The molecule has 2 aliphatic heterocycles. The van der Waals surface area contributed by atoms with Crippen molar-refractivity contribution in [1.29, 1.82) is 0 Å². The molecule has 1 atom stereocenters. The fourth-order valence-electron chi connectivity index (χ4n) is 6.01. The first kappa shape index (κ1) is 29.3. The summed E-state index contributed by atoms with van der Waals surface area (Å²) in [7, 11) is 1.67. The van der Waals surface area contributed by atoms with Gasteiger partial charge in [0.1, 0.15) is 17.3 Å². The van der Waals surface area contributed by atoms with Crippen LogP contribution in [0.15, 0.2) is 30.5 Å². The lowest BCUT2D eigenvalue weighted by Crippen LogP contribution is -2.40.